The predicted molar refractivity (Wildman–Crippen MR) is 212 cm³/mol. The minimum atomic E-state index is 0.534. The molecule has 5 heteroatoms. The summed E-state index contributed by atoms with van der Waals surface area (Å²) in [7, 11) is 0. The Kier molecular flexibility index (Phi) is 7.65. The highest BCUT2D eigenvalue weighted by atomic mass is 32.1. The van der Waals surface area contributed by atoms with Crippen LogP contribution in [0.3, 0.4) is 0 Å². The molecule has 4 aromatic rings. The fourth-order valence-electron chi connectivity index (χ4n) is 9.19. The highest BCUT2D eigenvalue weighted by molar-refractivity contribution is 7.17. The molecule has 2 aromatic heterocycles. The van der Waals surface area contributed by atoms with Crippen molar-refractivity contribution in [3.8, 4) is 21.6 Å². The maximum absolute atomic E-state index is 5.31. The van der Waals surface area contributed by atoms with E-state index < -0.39 is 0 Å². The highest BCUT2D eigenvalue weighted by Gasteiger charge is 2.33. The van der Waals surface area contributed by atoms with Crippen LogP contribution in [0.2, 0.25) is 0 Å². The summed E-state index contributed by atoms with van der Waals surface area (Å²) in [6.45, 7) is 2.99. The maximum Gasteiger partial charge on any atom is 0.0661 e. The Balaban J connectivity index is 1.06. The molecule has 0 spiro atoms. The molecule has 1 N–H and O–H groups in total. The Morgan fingerprint density at radius 1 is 0.800 bits per heavy atom. The van der Waals surface area contributed by atoms with E-state index in [0.29, 0.717) is 11.8 Å². The number of benzene rings is 2. The maximum atomic E-state index is 5.31. The zero-order valence-corrected chi connectivity index (χ0v) is 29.3. The number of nitrogens with one attached hydrogen (secondary N) is 1. The molecule has 0 amide bonds. The van der Waals surface area contributed by atoms with Gasteiger partial charge in [-0.3, -0.25) is 9.98 Å². The molecule has 1 fully saturated rings. The van der Waals surface area contributed by atoms with Crippen LogP contribution >= 0.6 is 11.3 Å². The van der Waals surface area contributed by atoms with Crippen molar-refractivity contribution in [1.82, 2.24) is 9.88 Å². The lowest BCUT2D eigenvalue weighted by Crippen LogP contribution is -2.24. The number of aromatic nitrogens is 1. The summed E-state index contributed by atoms with van der Waals surface area (Å²) in [5, 5.41) is 4.99. The second kappa shape index (κ2) is 12.6. The van der Waals surface area contributed by atoms with E-state index in [4.69, 9.17) is 4.99 Å². The van der Waals surface area contributed by atoms with E-state index in [2.05, 4.69) is 112 Å². The number of nitrogens with zero attached hydrogens (tertiary/aromatic N) is 3. The number of aliphatic imine (C=N–C) groups is 2. The quantitative estimate of drug-likeness (QED) is 0.218. The first kappa shape index (κ1) is 30.3. The molecule has 10 rings (SSSR count). The average molecular weight is 671 g/mol. The van der Waals surface area contributed by atoms with Gasteiger partial charge in [-0.2, -0.15) is 0 Å². The Bertz CT molecular complexity index is 2270. The van der Waals surface area contributed by atoms with Gasteiger partial charge in [0.1, 0.15) is 0 Å². The summed E-state index contributed by atoms with van der Waals surface area (Å²) in [5.74, 6) is 1.22. The fraction of sp³-hybridized carbons (Fsp3) is 0.289. The van der Waals surface area contributed by atoms with Crippen LogP contribution in [-0.4, -0.2) is 36.1 Å². The predicted octanol–water partition coefficient (Wildman–Crippen LogP) is 10.4. The second-order valence-electron chi connectivity index (χ2n) is 14.6. The van der Waals surface area contributed by atoms with Crippen LogP contribution in [0.15, 0.2) is 124 Å². The first-order valence-corrected chi connectivity index (χ1v) is 19.4. The number of allylic oxidation sites excluding steroid dienone is 10. The zero-order valence-electron chi connectivity index (χ0n) is 28.5. The lowest BCUT2D eigenvalue weighted by molar-refractivity contribution is 0.434. The van der Waals surface area contributed by atoms with E-state index in [-0.39, 0.29) is 0 Å². The third-order valence-electron chi connectivity index (χ3n) is 11.7. The number of thiophene rings is 1. The monoisotopic (exact) mass is 670 g/mol. The number of hydrogen-bond donors (Lipinski definition) is 1. The van der Waals surface area contributed by atoms with Gasteiger partial charge in [0.15, 0.2) is 0 Å². The van der Waals surface area contributed by atoms with Gasteiger partial charge >= 0.3 is 0 Å². The summed E-state index contributed by atoms with van der Waals surface area (Å²) in [6.07, 6.45) is 27.0. The van der Waals surface area contributed by atoms with Crippen LogP contribution in [0.1, 0.15) is 54.7 Å². The lowest BCUT2D eigenvalue weighted by Gasteiger charge is -2.28. The van der Waals surface area contributed by atoms with Gasteiger partial charge < -0.3 is 9.88 Å². The molecule has 50 heavy (non-hydrogen) atoms. The van der Waals surface area contributed by atoms with Crippen LogP contribution in [0, 0.1) is 11.8 Å². The van der Waals surface area contributed by atoms with Gasteiger partial charge in [0.05, 0.1) is 17.8 Å². The van der Waals surface area contributed by atoms with Crippen LogP contribution < -0.4 is 5.32 Å². The van der Waals surface area contributed by atoms with E-state index in [1.165, 1.54) is 83.2 Å². The molecule has 2 aromatic carbocycles. The minimum absolute atomic E-state index is 0.534. The second-order valence-corrected chi connectivity index (χ2v) is 15.6. The Hall–Kier alpha value is -4.58. The summed E-state index contributed by atoms with van der Waals surface area (Å²) in [5.41, 5.74) is 16.6. The largest absolute Gasteiger partial charge is 0.317 e. The molecular formula is C45H42N4S. The van der Waals surface area contributed by atoms with E-state index in [9.17, 15) is 0 Å². The topological polar surface area (TPSA) is 41.7 Å². The molecule has 0 saturated carbocycles. The Morgan fingerprint density at radius 2 is 1.72 bits per heavy atom. The van der Waals surface area contributed by atoms with E-state index >= 15 is 0 Å². The Morgan fingerprint density at radius 3 is 2.52 bits per heavy atom. The van der Waals surface area contributed by atoms with Crippen molar-refractivity contribution < 1.29 is 0 Å². The molecule has 0 radical (unpaired) electrons. The standard InChI is InChI=1S/C45H42N4S/c1-3-9-30(10-4-1)42-37-19-20-41-43(45(37)50-44(42)31-11-5-2-6-12-31)36-13-7-8-14-40(36)49(41)35-17-15-29(16-18-35)38-25-34(32-21-23-46-27-32)26-39(48-38)33-22-24-47-28-33/h1-5,7-11,13-15,17,22,24,26,32,34,46H,6,12,16,18-21,23,25,27-28H2. The summed E-state index contributed by atoms with van der Waals surface area (Å²) < 4.78 is 2.63. The molecule has 0 bridgehead atoms. The van der Waals surface area contributed by atoms with Crippen molar-refractivity contribution in [2.24, 2.45) is 21.8 Å². The van der Waals surface area contributed by atoms with Crippen molar-refractivity contribution in [3.05, 3.63) is 130 Å². The van der Waals surface area contributed by atoms with Gasteiger partial charge in [-0.15, -0.1) is 11.3 Å². The molecule has 4 nitrogen and oxygen atoms in total. The highest BCUT2D eigenvalue weighted by Crippen LogP contribution is 2.53. The van der Waals surface area contributed by atoms with Gasteiger partial charge in [0.2, 0.25) is 0 Å². The molecular weight excluding hydrogens is 629 g/mol. The molecule has 6 aliphatic rings. The first-order chi connectivity index (χ1) is 24.8. The van der Waals surface area contributed by atoms with Crippen molar-refractivity contribution in [2.45, 2.75) is 51.4 Å². The summed E-state index contributed by atoms with van der Waals surface area (Å²) in [4.78, 5) is 12.7. The van der Waals surface area contributed by atoms with Crippen molar-refractivity contribution >= 4 is 45.4 Å². The molecule has 248 valence electrons. The van der Waals surface area contributed by atoms with Gasteiger partial charge in [-0.1, -0.05) is 78.9 Å². The van der Waals surface area contributed by atoms with E-state index in [0.717, 1.165) is 70.3 Å². The molecule has 2 unspecified atom stereocenters. The molecule has 3 aliphatic carbocycles. The number of rotatable bonds is 6. The zero-order chi connectivity index (χ0) is 33.0. The first-order valence-electron chi connectivity index (χ1n) is 18.6. The number of para-hydroxylation sites is 1. The average Bonchev–Trinajstić information content (AvgIpc) is 4.01. The molecule has 2 atom stereocenters. The van der Waals surface area contributed by atoms with Crippen LogP contribution in [0.5, 0.6) is 0 Å². The van der Waals surface area contributed by atoms with Crippen molar-refractivity contribution in [1.29, 1.82) is 0 Å². The fourth-order valence-corrected chi connectivity index (χ4v) is 10.7. The lowest BCUT2D eigenvalue weighted by atomic mass is 9.81. The normalized spacial score (nSPS) is 22.8. The molecule has 5 heterocycles. The third-order valence-corrected chi connectivity index (χ3v) is 13.0. The molecule has 1 saturated heterocycles. The van der Waals surface area contributed by atoms with Crippen LogP contribution in [-0.2, 0) is 12.8 Å². The van der Waals surface area contributed by atoms with Gasteiger partial charge in [-0.25, -0.2) is 0 Å². The van der Waals surface area contributed by atoms with Crippen LogP contribution in [0.4, 0.5) is 0 Å². The third kappa shape index (κ3) is 5.13. The summed E-state index contributed by atoms with van der Waals surface area (Å²) in [6, 6.07) is 20.3. The van der Waals surface area contributed by atoms with Gasteiger partial charge in [-0.05, 0) is 117 Å². The van der Waals surface area contributed by atoms with E-state index in [1.54, 1.807) is 0 Å². The van der Waals surface area contributed by atoms with Gasteiger partial charge in [0.25, 0.3) is 0 Å². The molecule has 3 aliphatic heterocycles. The van der Waals surface area contributed by atoms with Crippen LogP contribution in [0.25, 0.3) is 43.7 Å². The summed E-state index contributed by atoms with van der Waals surface area (Å²) >= 11 is 2.04. The Labute approximate surface area is 298 Å². The minimum Gasteiger partial charge on any atom is -0.317 e. The van der Waals surface area contributed by atoms with Crippen molar-refractivity contribution in [3.63, 3.8) is 0 Å². The van der Waals surface area contributed by atoms with Gasteiger partial charge in [0, 0.05) is 55.2 Å². The van der Waals surface area contributed by atoms with E-state index in [1.807, 2.05) is 17.6 Å². The SMILES string of the molecule is C1=CCCC(c2sc3c(c2-c2ccccc2)CCc2c-3c3ccccc3n2C2=CC=C(C3=NC(C4=CC=NC4)=CC(C4CCNC4)C3)CC2)=C1. The van der Waals surface area contributed by atoms with Crippen molar-refractivity contribution in [2.75, 3.05) is 19.6 Å². The number of hydrogen-bond acceptors (Lipinski definition) is 4. The smallest absolute Gasteiger partial charge is 0.0661 e. The number of fused-ring (bicyclic) bond motifs is 5.